The van der Waals surface area contributed by atoms with Crippen molar-refractivity contribution < 1.29 is 9.53 Å². The summed E-state index contributed by atoms with van der Waals surface area (Å²) in [6.45, 7) is 3.64. The molecule has 5 rings (SSSR count). The number of esters is 1. The molecule has 1 N–H and O–H groups in total. The average Bonchev–Trinajstić information content (AvgIpc) is 3.49. The smallest absolute Gasteiger partial charge is 0.321 e. The number of carbonyl (C=O) groups is 1. The summed E-state index contributed by atoms with van der Waals surface area (Å²) in [6, 6.07) is 14.9. The number of benzene rings is 2. The zero-order valence-electron chi connectivity index (χ0n) is 17.6. The Hall–Kier alpha value is -2.64. The van der Waals surface area contributed by atoms with Crippen LogP contribution in [0.2, 0.25) is 0 Å². The fourth-order valence-electron chi connectivity index (χ4n) is 3.80. The maximum atomic E-state index is 12.2. The van der Waals surface area contributed by atoms with Crippen LogP contribution in [0.3, 0.4) is 0 Å². The highest BCUT2D eigenvalue weighted by Crippen LogP contribution is 2.45. The molecule has 2 heterocycles. The lowest BCUT2D eigenvalue weighted by molar-refractivity contribution is -0.142. The molecule has 1 saturated carbocycles. The summed E-state index contributed by atoms with van der Waals surface area (Å²) in [4.78, 5) is 21.6. The molecule has 0 saturated heterocycles. The van der Waals surface area contributed by atoms with Crippen LogP contribution in [0.25, 0.3) is 21.0 Å². The van der Waals surface area contributed by atoms with Gasteiger partial charge in [0.15, 0.2) is 11.0 Å². The van der Waals surface area contributed by atoms with Gasteiger partial charge in [-0.15, -0.1) is 11.3 Å². The maximum Gasteiger partial charge on any atom is 0.321 e. The Morgan fingerprint density at radius 2 is 1.90 bits per heavy atom. The number of aromatic nitrogens is 2. The monoisotopic (exact) mass is 449 g/mol. The zero-order chi connectivity index (χ0) is 21.6. The number of methoxy groups -OCH3 is 1. The SMILES string of the molecule is COC(=O)C(C)(C)Sc1nc(Nc2ccc(C3CC3)c3ccccc23)c2sccc2n1. The first-order chi connectivity index (χ1) is 15.0. The molecule has 2 aromatic heterocycles. The fourth-order valence-corrected chi connectivity index (χ4v) is 5.48. The normalized spacial score (nSPS) is 14.2. The largest absolute Gasteiger partial charge is 0.468 e. The number of ether oxygens (including phenoxy) is 1. The molecule has 2 aromatic carbocycles. The number of thioether (sulfide) groups is 1. The second-order valence-corrected chi connectivity index (χ2v) is 10.7. The third kappa shape index (κ3) is 3.88. The summed E-state index contributed by atoms with van der Waals surface area (Å²) >= 11 is 2.91. The lowest BCUT2D eigenvalue weighted by Crippen LogP contribution is -2.29. The number of nitrogens with one attached hydrogen (secondary N) is 1. The van der Waals surface area contributed by atoms with Crippen LogP contribution >= 0.6 is 23.1 Å². The predicted octanol–water partition coefficient (Wildman–Crippen LogP) is 6.51. The third-order valence-electron chi connectivity index (χ3n) is 5.53. The minimum Gasteiger partial charge on any atom is -0.468 e. The van der Waals surface area contributed by atoms with E-state index in [4.69, 9.17) is 9.72 Å². The van der Waals surface area contributed by atoms with Gasteiger partial charge in [-0.25, -0.2) is 9.97 Å². The van der Waals surface area contributed by atoms with E-state index in [0.717, 1.165) is 21.7 Å². The average molecular weight is 450 g/mol. The van der Waals surface area contributed by atoms with Gasteiger partial charge in [0, 0.05) is 11.1 Å². The quantitative estimate of drug-likeness (QED) is 0.206. The molecule has 0 bridgehead atoms. The first kappa shape index (κ1) is 20.3. The minimum atomic E-state index is -0.783. The van der Waals surface area contributed by atoms with E-state index in [1.54, 1.807) is 11.3 Å². The number of anilines is 2. The Morgan fingerprint density at radius 3 is 2.65 bits per heavy atom. The Bertz CT molecular complexity index is 1290. The molecule has 0 atom stereocenters. The molecule has 31 heavy (non-hydrogen) atoms. The molecule has 0 spiro atoms. The van der Waals surface area contributed by atoms with Crippen molar-refractivity contribution in [3.63, 3.8) is 0 Å². The Morgan fingerprint density at radius 1 is 1.13 bits per heavy atom. The second-order valence-electron chi connectivity index (χ2n) is 8.24. The highest BCUT2D eigenvalue weighted by Gasteiger charge is 2.32. The van der Waals surface area contributed by atoms with Crippen LogP contribution in [0.5, 0.6) is 0 Å². The van der Waals surface area contributed by atoms with Gasteiger partial charge in [-0.3, -0.25) is 4.79 Å². The summed E-state index contributed by atoms with van der Waals surface area (Å²) in [7, 11) is 1.40. The van der Waals surface area contributed by atoms with Gasteiger partial charge in [-0.2, -0.15) is 0 Å². The van der Waals surface area contributed by atoms with Gasteiger partial charge in [0.05, 0.1) is 17.3 Å². The Balaban J connectivity index is 1.56. The molecular formula is C24H23N3O2S2. The van der Waals surface area contributed by atoms with Crippen molar-refractivity contribution >= 4 is 61.6 Å². The number of nitrogens with zero attached hydrogens (tertiary/aromatic N) is 2. The maximum absolute atomic E-state index is 12.2. The van der Waals surface area contributed by atoms with Crippen LogP contribution in [0.15, 0.2) is 53.0 Å². The molecule has 0 amide bonds. The van der Waals surface area contributed by atoms with E-state index in [9.17, 15) is 4.79 Å². The van der Waals surface area contributed by atoms with Crippen molar-refractivity contribution in [3.8, 4) is 0 Å². The first-order valence-electron chi connectivity index (χ1n) is 10.3. The highest BCUT2D eigenvalue weighted by atomic mass is 32.2. The van der Waals surface area contributed by atoms with Gasteiger partial charge in [0.25, 0.3) is 0 Å². The van der Waals surface area contributed by atoms with E-state index in [1.807, 2.05) is 25.3 Å². The highest BCUT2D eigenvalue weighted by molar-refractivity contribution is 8.01. The third-order valence-corrected chi connectivity index (χ3v) is 7.49. The van der Waals surface area contributed by atoms with Crippen LogP contribution in [-0.4, -0.2) is 27.8 Å². The van der Waals surface area contributed by atoms with E-state index in [2.05, 4.69) is 46.7 Å². The van der Waals surface area contributed by atoms with Crippen molar-refractivity contribution in [3.05, 3.63) is 53.4 Å². The van der Waals surface area contributed by atoms with Crippen molar-refractivity contribution in [2.45, 2.75) is 42.5 Å². The molecule has 158 valence electrons. The van der Waals surface area contributed by atoms with Crippen molar-refractivity contribution in [1.29, 1.82) is 0 Å². The van der Waals surface area contributed by atoms with Crippen molar-refractivity contribution in [2.75, 3.05) is 12.4 Å². The van der Waals surface area contributed by atoms with Crippen LogP contribution in [0.4, 0.5) is 11.5 Å². The van der Waals surface area contributed by atoms with Gasteiger partial charge in [0.1, 0.15) is 4.75 Å². The molecule has 7 heteroatoms. The number of fused-ring (bicyclic) bond motifs is 2. The fraction of sp³-hybridized carbons (Fsp3) is 0.292. The Labute approximate surface area is 189 Å². The topological polar surface area (TPSA) is 64.1 Å². The van der Waals surface area contributed by atoms with Gasteiger partial charge in [-0.05, 0) is 61.1 Å². The standard InChI is InChI=1S/C24H23N3O2S2/c1-24(2,22(28)29-3)31-23-26-19-12-13-30-20(19)21(27-23)25-18-11-10-15(14-8-9-14)16-6-4-5-7-17(16)18/h4-7,10-14H,8-9H2,1-3H3,(H,25,26,27). The molecule has 1 aliphatic rings. The number of thiophene rings is 1. The van der Waals surface area contributed by atoms with E-state index in [0.29, 0.717) is 11.1 Å². The van der Waals surface area contributed by atoms with Crippen LogP contribution < -0.4 is 5.32 Å². The van der Waals surface area contributed by atoms with Gasteiger partial charge >= 0.3 is 5.97 Å². The Kier molecular flexibility index (Phi) is 5.10. The molecule has 5 nitrogen and oxygen atoms in total. The van der Waals surface area contributed by atoms with Gasteiger partial charge < -0.3 is 10.1 Å². The van der Waals surface area contributed by atoms with Gasteiger partial charge in [0.2, 0.25) is 0 Å². The van der Waals surface area contributed by atoms with E-state index in [-0.39, 0.29) is 5.97 Å². The van der Waals surface area contributed by atoms with E-state index < -0.39 is 4.75 Å². The summed E-state index contributed by atoms with van der Waals surface area (Å²) in [5.41, 5.74) is 3.32. The molecule has 1 fully saturated rings. The molecule has 1 aliphatic carbocycles. The summed E-state index contributed by atoms with van der Waals surface area (Å²) in [6.07, 6.45) is 2.55. The summed E-state index contributed by atoms with van der Waals surface area (Å²) in [5, 5.41) is 8.61. The molecular weight excluding hydrogens is 426 g/mol. The molecule has 4 aromatic rings. The number of rotatable bonds is 6. The minimum absolute atomic E-state index is 0.303. The lowest BCUT2D eigenvalue weighted by Gasteiger charge is -2.20. The first-order valence-corrected chi connectivity index (χ1v) is 12.0. The van der Waals surface area contributed by atoms with E-state index in [1.165, 1.54) is 48.0 Å². The van der Waals surface area contributed by atoms with Crippen LogP contribution in [0, 0.1) is 0 Å². The molecule has 0 aliphatic heterocycles. The zero-order valence-corrected chi connectivity index (χ0v) is 19.3. The second kappa shape index (κ2) is 7.80. The van der Waals surface area contributed by atoms with E-state index >= 15 is 0 Å². The van der Waals surface area contributed by atoms with Crippen LogP contribution in [-0.2, 0) is 9.53 Å². The molecule has 0 unspecified atom stereocenters. The van der Waals surface area contributed by atoms with Gasteiger partial charge in [-0.1, -0.05) is 42.1 Å². The summed E-state index contributed by atoms with van der Waals surface area (Å²) < 4.78 is 5.15. The predicted molar refractivity (Wildman–Crippen MR) is 129 cm³/mol. The molecule has 0 radical (unpaired) electrons. The lowest BCUT2D eigenvalue weighted by atomic mass is 9.99. The van der Waals surface area contributed by atoms with Crippen molar-refractivity contribution in [2.24, 2.45) is 0 Å². The number of carbonyl (C=O) groups excluding carboxylic acids is 1. The number of hydrogen-bond donors (Lipinski definition) is 1. The number of hydrogen-bond acceptors (Lipinski definition) is 7. The van der Waals surface area contributed by atoms with Crippen LogP contribution in [0.1, 0.15) is 38.2 Å². The summed E-state index contributed by atoms with van der Waals surface area (Å²) in [5.74, 6) is 1.14. The van der Waals surface area contributed by atoms with Crippen molar-refractivity contribution in [1.82, 2.24) is 9.97 Å².